The summed E-state index contributed by atoms with van der Waals surface area (Å²) in [4.78, 5) is 0. The van der Waals surface area contributed by atoms with E-state index in [2.05, 4.69) is 11.8 Å². The van der Waals surface area contributed by atoms with E-state index in [1.54, 1.807) is 0 Å². The van der Waals surface area contributed by atoms with E-state index in [1.165, 1.54) is 0 Å². The topological polar surface area (TPSA) is 0 Å². The molecule has 34 heavy (non-hydrogen) atoms. The second kappa shape index (κ2) is 29.9. The summed E-state index contributed by atoms with van der Waals surface area (Å²) in [6, 6.07) is 0. The smallest absolute Gasteiger partial charge is 0.693 e. The molecule has 0 aliphatic heterocycles. The third-order valence-electron chi connectivity index (χ3n) is 2.97. The van der Waals surface area contributed by atoms with Gasteiger partial charge < -0.3 is 24.7 Å². The van der Waals surface area contributed by atoms with Gasteiger partial charge in [0.2, 0.25) is 0 Å². The van der Waals surface area contributed by atoms with Gasteiger partial charge in [-0.3, -0.25) is 0 Å². The molecule has 0 aromatic heterocycles. The average Bonchev–Trinajstić information content (AvgIpc) is 3.61. The summed E-state index contributed by atoms with van der Waals surface area (Å²) >= 11 is 0. The van der Waals surface area contributed by atoms with Crippen molar-refractivity contribution in [2.45, 2.75) is 41.5 Å². The second-order valence-electron chi connectivity index (χ2n) is 8.60. The van der Waals surface area contributed by atoms with E-state index in [-0.39, 0.29) is 58.8 Å². The normalized spacial score (nSPS) is 17.8. The van der Waals surface area contributed by atoms with Crippen molar-refractivity contribution in [3.8, 4) is 11.8 Å². The minimum atomic E-state index is -0.0417. The molecule has 0 amide bonds. The molecule has 0 heterocycles. The van der Waals surface area contributed by atoms with Crippen molar-refractivity contribution in [2.75, 3.05) is 0 Å². The SMILES string of the molecule is [C-]#CC(C)(C)C.[C-]#CC(C)(C)C.[CH]1[CH][CH][CH][CH]1.[CH]1[CH][CH][CH][CH]1.[CH]1[CH][CH][CH][CH]1.[CH]1[CH][CH][CH][CH]1.[Ti+3].[Zr+3]. The van der Waals surface area contributed by atoms with Crippen molar-refractivity contribution in [2.24, 2.45) is 10.8 Å². The first kappa shape index (κ1) is 41.8. The summed E-state index contributed by atoms with van der Waals surface area (Å²) in [7, 11) is 0. The Labute approximate surface area is 251 Å². The van der Waals surface area contributed by atoms with Crippen LogP contribution in [0.2, 0.25) is 0 Å². The van der Waals surface area contributed by atoms with Gasteiger partial charge in [-0.25, -0.2) is 0 Å². The van der Waals surface area contributed by atoms with E-state index in [4.69, 9.17) is 12.8 Å². The molecule has 0 bridgehead atoms. The summed E-state index contributed by atoms with van der Waals surface area (Å²) in [6.07, 6.45) is 53.2. The van der Waals surface area contributed by atoms with Crippen LogP contribution in [0.1, 0.15) is 41.5 Å². The molecule has 0 aromatic rings. The van der Waals surface area contributed by atoms with E-state index in [1.807, 2.05) is 170 Å². The summed E-state index contributed by atoms with van der Waals surface area (Å²) in [5, 5.41) is 0. The molecule has 4 aliphatic rings. The average molecular weight is 562 g/mol. The Morgan fingerprint density at radius 2 is 0.412 bits per heavy atom. The molecule has 0 N–H and O–H groups in total. The van der Waals surface area contributed by atoms with Crippen molar-refractivity contribution in [3.05, 3.63) is 141 Å². The van der Waals surface area contributed by atoms with Gasteiger partial charge >= 0.3 is 47.9 Å². The molecule has 22 radical (unpaired) electrons. The third kappa shape index (κ3) is 46.1. The molecule has 0 atom stereocenters. The molecule has 170 valence electrons. The molecular formula is C32H38TiZr+4. The van der Waals surface area contributed by atoms with Crippen molar-refractivity contribution < 1.29 is 47.9 Å². The maximum absolute atomic E-state index is 6.60. The van der Waals surface area contributed by atoms with Crippen LogP contribution in [0.25, 0.3) is 0 Å². The fraction of sp³-hybridized carbons (Fsp3) is 0.250. The first-order valence-corrected chi connectivity index (χ1v) is 10.7. The maximum Gasteiger partial charge on any atom is 3.00 e. The van der Waals surface area contributed by atoms with Crippen LogP contribution in [0.5, 0.6) is 0 Å². The van der Waals surface area contributed by atoms with Crippen molar-refractivity contribution >= 4 is 0 Å². The Hall–Kier alpha value is 0.717. The zero-order chi connectivity index (χ0) is 24.6. The molecule has 2 heteroatoms. The van der Waals surface area contributed by atoms with Gasteiger partial charge in [-0.2, -0.15) is 0 Å². The molecule has 0 saturated heterocycles. The molecular weight excluding hydrogens is 523 g/mol. The quantitative estimate of drug-likeness (QED) is 0.165. The van der Waals surface area contributed by atoms with Crippen LogP contribution >= 0.6 is 0 Å². The Morgan fingerprint density at radius 1 is 0.353 bits per heavy atom. The molecule has 0 spiro atoms. The van der Waals surface area contributed by atoms with Crippen LogP contribution in [-0.4, -0.2) is 0 Å². The summed E-state index contributed by atoms with van der Waals surface area (Å²) in [5.74, 6) is 4.71. The predicted molar refractivity (Wildman–Crippen MR) is 139 cm³/mol. The van der Waals surface area contributed by atoms with Gasteiger partial charge in [-0.1, -0.05) is 41.5 Å². The minimum Gasteiger partial charge on any atom is -0.693 e. The van der Waals surface area contributed by atoms with Crippen molar-refractivity contribution in [1.29, 1.82) is 0 Å². The van der Waals surface area contributed by atoms with E-state index in [9.17, 15) is 0 Å². The van der Waals surface area contributed by atoms with Gasteiger partial charge in [-0.15, -0.1) is 0 Å². The zero-order valence-electron chi connectivity index (χ0n) is 21.5. The van der Waals surface area contributed by atoms with Gasteiger partial charge in [-0.05, 0) is 139 Å². The van der Waals surface area contributed by atoms with Crippen LogP contribution in [0.3, 0.4) is 0 Å². The van der Waals surface area contributed by atoms with Crippen LogP contribution in [0.15, 0.2) is 0 Å². The molecule has 4 saturated carbocycles. The van der Waals surface area contributed by atoms with E-state index in [0.29, 0.717) is 0 Å². The number of hydrogen-bond acceptors (Lipinski definition) is 0. The maximum atomic E-state index is 6.60. The summed E-state index contributed by atoms with van der Waals surface area (Å²) in [5.41, 5.74) is -0.0833. The summed E-state index contributed by atoms with van der Waals surface area (Å²) in [6.45, 7) is 11.7. The fourth-order valence-electron chi connectivity index (χ4n) is 1.28. The van der Waals surface area contributed by atoms with E-state index in [0.717, 1.165) is 0 Å². The zero-order valence-corrected chi connectivity index (χ0v) is 25.6. The molecule has 4 rings (SSSR count). The van der Waals surface area contributed by atoms with E-state index < -0.39 is 0 Å². The van der Waals surface area contributed by atoms with Gasteiger partial charge in [0, 0.05) is 0 Å². The van der Waals surface area contributed by atoms with Crippen molar-refractivity contribution in [3.63, 3.8) is 0 Å². The minimum absolute atomic E-state index is 0. The Kier molecular flexibility index (Phi) is 36.8. The van der Waals surface area contributed by atoms with Gasteiger partial charge in [0.15, 0.2) is 0 Å². The van der Waals surface area contributed by atoms with Crippen molar-refractivity contribution in [1.82, 2.24) is 0 Å². The van der Waals surface area contributed by atoms with Crippen LogP contribution in [-0.2, 0) is 47.9 Å². The third-order valence-corrected chi connectivity index (χ3v) is 2.97. The Balaban J connectivity index is -0.000000157. The van der Waals surface area contributed by atoms with Gasteiger partial charge in [0.25, 0.3) is 0 Å². The largest absolute Gasteiger partial charge is 3.00 e. The first-order valence-electron chi connectivity index (χ1n) is 10.7. The van der Waals surface area contributed by atoms with Crippen LogP contribution in [0, 0.1) is 164 Å². The van der Waals surface area contributed by atoms with Crippen LogP contribution in [0.4, 0.5) is 0 Å². The molecule has 4 fully saturated rings. The predicted octanol–water partition coefficient (Wildman–Crippen LogP) is 7.33. The van der Waals surface area contributed by atoms with Gasteiger partial charge in [0.1, 0.15) is 0 Å². The number of hydrogen-bond donors (Lipinski definition) is 0. The molecule has 0 nitrogen and oxygen atoms in total. The fourth-order valence-corrected chi connectivity index (χ4v) is 1.28. The second-order valence-corrected chi connectivity index (χ2v) is 8.60. The standard InChI is InChI=1S/2C6H9.4C5H5.Ti.Zr/c2*1-5-6(2,3)4;4*1-2-4-5-3-1;;/h2*2-4H3;4*1-5H;;/q2*-1;;;;;2*+3. The number of rotatable bonds is 0. The summed E-state index contributed by atoms with van der Waals surface area (Å²) < 4.78 is 0. The first-order chi connectivity index (χ1) is 15.1. The van der Waals surface area contributed by atoms with E-state index >= 15 is 0 Å². The Morgan fingerprint density at radius 3 is 0.441 bits per heavy atom. The molecule has 4 aliphatic carbocycles. The van der Waals surface area contributed by atoms with Crippen LogP contribution < -0.4 is 0 Å². The molecule has 0 unspecified atom stereocenters. The monoisotopic (exact) mass is 560 g/mol. The van der Waals surface area contributed by atoms with Gasteiger partial charge in [0.05, 0.1) is 0 Å². The molecule has 0 aromatic carbocycles. The Bertz CT molecular complexity index is 345.